The summed E-state index contributed by atoms with van der Waals surface area (Å²) in [6, 6.07) is 11.0. The van der Waals surface area contributed by atoms with E-state index in [4.69, 9.17) is 17.4 Å². The van der Waals surface area contributed by atoms with Gasteiger partial charge in [-0.3, -0.25) is 4.79 Å². The number of benzene rings is 1. The van der Waals surface area contributed by atoms with Crippen LogP contribution >= 0.6 is 11.6 Å². The van der Waals surface area contributed by atoms with E-state index in [9.17, 15) is 4.79 Å². The minimum absolute atomic E-state index is 0.145. The van der Waals surface area contributed by atoms with Crippen LogP contribution < -0.4 is 16.6 Å². The summed E-state index contributed by atoms with van der Waals surface area (Å²) in [5, 5.41) is 3.15. The van der Waals surface area contributed by atoms with Crippen molar-refractivity contribution in [3.8, 4) is 0 Å². The van der Waals surface area contributed by atoms with Gasteiger partial charge in [0.25, 0.3) is 5.91 Å². The van der Waals surface area contributed by atoms with Gasteiger partial charge in [0.2, 0.25) is 0 Å². The molecule has 0 aliphatic heterocycles. The first kappa shape index (κ1) is 15.3. The summed E-state index contributed by atoms with van der Waals surface area (Å²) in [5.41, 5.74) is 4.72. The lowest BCUT2D eigenvalue weighted by atomic mass is 10.1. The first-order valence-corrected chi connectivity index (χ1v) is 6.89. The van der Waals surface area contributed by atoms with Crippen LogP contribution in [0, 0.1) is 6.92 Å². The number of aryl methyl sites for hydroxylation is 1. The quantitative estimate of drug-likeness (QED) is 0.599. The van der Waals surface area contributed by atoms with E-state index in [0.29, 0.717) is 5.82 Å². The fraction of sp³-hybridized carbons (Fsp3) is 0.200. The van der Waals surface area contributed by atoms with E-state index in [1.54, 1.807) is 12.1 Å². The van der Waals surface area contributed by atoms with E-state index < -0.39 is 0 Å². The first-order valence-electron chi connectivity index (χ1n) is 6.52. The van der Waals surface area contributed by atoms with E-state index in [0.717, 1.165) is 5.56 Å². The van der Waals surface area contributed by atoms with Crippen molar-refractivity contribution in [1.82, 2.24) is 10.3 Å². The third-order valence-electron chi connectivity index (χ3n) is 3.13. The molecule has 1 aromatic heterocycles. The molecule has 110 valence electrons. The molecule has 0 bridgehead atoms. The predicted octanol–water partition coefficient (Wildman–Crippen LogP) is 2.82. The minimum atomic E-state index is -0.342. The van der Waals surface area contributed by atoms with Gasteiger partial charge in [-0.25, -0.2) is 10.8 Å². The van der Waals surface area contributed by atoms with Crippen molar-refractivity contribution in [2.24, 2.45) is 5.84 Å². The van der Waals surface area contributed by atoms with Crippen molar-refractivity contribution in [2.75, 3.05) is 5.43 Å². The number of nitrogen functional groups attached to an aromatic ring is 1. The van der Waals surface area contributed by atoms with Crippen LogP contribution in [0.5, 0.6) is 0 Å². The summed E-state index contributed by atoms with van der Waals surface area (Å²) in [6.07, 6.45) is 0. The summed E-state index contributed by atoms with van der Waals surface area (Å²) >= 11 is 6.01. The highest BCUT2D eigenvalue weighted by Gasteiger charge is 2.16. The molecule has 1 atom stereocenters. The number of anilines is 1. The van der Waals surface area contributed by atoms with Gasteiger partial charge in [-0.15, -0.1) is 0 Å². The summed E-state index contributed by atoms with van der Waals surface area (Å²) in [7, 11) is 0. The van der Waals surface area contributed by atoms with Crippen LogP contribution in [-0.2, 0) is 0 Å². The molecular formula is C15H17ClN4O. The monoisotopic (exact) mass is 304 g/mol. The number of amides is 1. The number of nitrogens with zero attached hydrogens (tertiary/aromatic N) is 1. The lowest BCUT2D eigenvalue weighted by Crippen LogP contribution is -2.28. The largest absolute Gasteiger partial charge is 0.344 e. The van der Waals surface area contributed by atoms with Crippen molar-refractivity contribution in [3.05, 3.63) is 58.2 Å². The zero-order valence-electron chi connectivity index (χ0n) is 11.9. The predicted molar refractivity (Wildman–Crippen MR) is 84.1 cm³/mol. The molecule has 0 aliphatic rings. The number of halogens is 1. The number of pyridine rings is 1. The van der Waals surface area contributed by atoms with Gasteiger partial charge in [-0.05, 0) is 31.5 Å². The van der Waals surface area contributed by atoms with Crippen LogP contribution in [0.15, 0.2) is 36.4 Å². The molecule has 0 aliphatic carbocycles. The highest BCUT2D eigenvalue weighted by molar-refractivity contribution is 6.33. The summed E-state index contributed by atoms with van der Waals surface area (Å²) in [4.78, 5) is 16.3. The van der Waals surface area contributed by atoms with Crippen molar-refractivity contribution >= 4 is 23.3 Å². The Morgan fingerprint density at radius 3 is 2.52 bits per heavy atom. The standard InChI is InChI=1S/C15H17ClN4O/c1-9-3-5-11(6-4-9)10(2)18-15(21)14-12(16)7-8-13(19-14)20-17/h3-8,10H,17H2,1-2H3,(H,18,21)(H,19,20). The summed E-state index contributed by atoms with van der Waals surface area (Å²) in [6.45, 7) is 3.92. The maximum Gasteiger partial charge on any atom is 0.271 e. The number of hydrogen-bond acceptors (Lipinski definition) is 4. The van der Waals surface area contributed by atoms with Crippen molar-refractivity contribution in [2.45, 2.75) is 19.9 Å². The molecule has 6 heteroatoms. The highest BCUT2D eigenvalue weighted by atomic mass is 35.5. The van der Waals surface area contributed by atoms with Gasteiger partial charge in [-0.1, -0.05) is 41.4 Å². The molecule has 1 amide bonds. The third kappa shape index (κ3) is 3.71. The molecule has 21 heavy (non-hydrogen) atoms. The van der Waals surface area contributed by atoms with Crippen LogP contribution in [0.2, 0.25) is 5.02 Å². The van der Waals surface area contributed by atoms with Gasteiger partial charge in [0.1, 0.15) is 11.5 Å². The molecule has 0 radical (unpaired) electrons. The average molecular weight is 305 g/mol. The second kappa shape index (κ2) is 6.56. The molecule has 1 unspecified atom stereocenters. The molecule has 0 fully saturated rings. The van der Waals surface area contributed by atoms with Gasteiger partial charge in [-0.2, -0.15) is 0 Å². The molecule has 4 N–H and O–H groups in total. The number of carbonyl (C=O) groups excluding carboxylic acids is 1. The zero-order valence-corrected chi connectivity index (χ0v) is 12.6. The maximum absolute atomic E-state index is 12.3. The Morgan fingerprint density at radius 1 is 1.24 bits per heavy atom. The number of hydrazine groups is 1. The Bertz CT molecular complexity index is 643. The molecule has 1 aromatic carbocycles. The fourth-order valence-corrected chi connectivity index (χ4v) is 2.08. The average Bonchev–Trinajstić information content (AvgIpc) is 2.48. The highest BCUT2D eigenvalue weighted by Crippen LogP contribution is 2.18. The number of hydrogen-bond donors (Lipinski definition) is 3. The molecule has 2 aromatic rings. The maximum atomic E-state index is 12.3. The Morgan fingerprint density at radius 2 is 1.90 bits per heavy atom. The Labute approximate surface area is 128 Å². The molecular weight excluding hydrogens is 288 g/mol. The Hall–Kier alpha value is -2.11. The van der Waals surface area contributed by atoms with E-state index >= 15 is 0 Å². The molecule has 0 spiro atoms. The minimum Gasteiger partial charge on any atom is -0.344 e. The van der Waals surface area contributed by atoms with E-state index in [1.807, 2.05) is 38.1 Å². The van der Waals surface area contributed by atoms with E-state index in [1.165, 1.54) is 5.56 Å². The second-order valence-electron chi connectivity index (χ2n) is 4.78. The summed E-state index contributed by atoms with van der Waals surface area (Å²) < 4.78 is 0. The van der Waals surface area contributed by atoms with Gasteiger partial charge < -0.3 is 10.7 Å². The number of nitrogens with two attached hydrogens (primary N) is 1. The fourth-order valence-electron chi connectivity index (χ4n) is 1.89. The number of carbonyl (C=O) groups is 1. The van der Waals surface area contributed by atoms with Gasteiger partial charge in [0.05, 0.1) is 11.1 Å². The van der Waals surface area contributed by atoms with E-state index in [-0.39, 0.29) is 22.7 Å². The lowest BCUT2D eigenvalue weighted by molar-refractivity contribution is 0.0935. The molecule has 5 nitrogen and oxygen atoms in total. The Kier molecular flexibility index (Phi) is 4.77. The Balaban J connectivity index is 2.15. The van der Waals surface area contributed by atoms with Crippen LogP contribution in [0.4, 0.5) is 5.82 Å². The molecule has 1 heterocycles. The number of rotatable bonds is 4. The molecule has 0 saturated heterocycles. The summed E-state index contributed by atoms with van der Waals surface area (Å²) in [5.74, 6) is 5.33. The molecule has 0 saturated carbocycles. The SMILES string of the molecule is Cc1ccc(C(C)NC(=O)c2nc(NN)ccc2Cl)cc1. The topological polar surface area (TPSA) is 80.0 Å². The van der Waals surface area contributed by atoms with Crippen molar-refractivity contribution in [3.63, 3.8) is 0 Å². The smallest absolute Gasteiger partial charge is 0.271 e. The van der Waals surface area contributed by atoms with Crippen LogP contribution in [0.3, 0.4) is 0 Å². The normalized spacial score (nSPS) is 11.8. The van der Waals surface area contributed by atoms with Gasteiger partial charge >= 0.3 is 0 Å². The van der Waals surface area contributed by atoms with Crippen molar-refractivity contribution in [1.29, 1.82) is 0 Å². The van der Waals surface area contributed by atoms with Gasteiger partial charge in [0, 0.05) is 0 Å². The van der Waals surface area contributed by atoms with Crippen LogP contribution in [0.1, 0.15) is 34.6 Å². The third-order valence-corrected chi connectivity index (χ3v) is 3.44. The van der Waals surface area contributed by atoms with Crippen LogP contribution in [0.25, 0.3) is 0 Å². The first-order chi connectivity index (χ1) is 10.0. The number of aromatic nitrogens is 1. The zero-order chi connectivity index (χ0) is 15.4. The lowest BCUT2D eigenvalue weighted by Gasteiger charge is -2.15. The second-order valence-corrected chi connectivity index (χ2v) is 5.18. The van der Waals surface area contributed by atoms with Crippen molar-refractivity contribution < 1.29 is 4.79 Å². The van der Waals surface area contributed by atoms with Gasteiger partial charge in [0.15, 0.2) is 0 Å². The van der Waals surface area contributed by atoms with Crippen LogP contribution in [-0.4, -0.2) is 10.9 Å². The van der Waals surface area contributed by atoms with E-state index in [2.05, 4.69) is 15.7 Å². The number of nitrogens with one attached hydrogen (secondary N) is 2. The molecule has 2 rings (SSSR count).